The van der Waals surface area contributed by atoms with E-state index in [1.165, 1.54) is 24.2 Å². The highest BCUT2D eigenvalue weighted by molar-refractivity contribution is 8.00. The lowest BCUT2D eigenvalue weighted by atomic mass is 9.80. The summed E-state index contributed by atoms with van der Waals surface area (Å²) < 4.78 is 0. The molecule has 2 unspecified atom stereocenters. The van der Waals surface area contributed by atoms with Crippen molar-refractivity contribution in [3.05, 3.63) is 30.3 Å². The van der Waals surface area contributed by atoms with Gasteiger partial charge in [-0.25, -0.2) is 0 Å². The van der Waals surface area contributed by atoms with Crippen LogP contribution in [0.4, 0.5) is 0 Å². The van der Waals surface area contributed by atoms with Gasteiger partial charge in [0.2, 0.25) is 5.91 Å². The maximum absolute atomic E-state index is 12.0. The van der Waals surface area contributed by atoms with Crippen molar-refractivity contribution in [3.8, 4) is 0 Å². The van der Waals surface area contributed by atoms with E-state index in [4.69, 9.17) is 5.73 Å². The van der Waals surface area contributed by atoms with Gasteiger partial charge in [-0.3, -0.25) is 4.79 Å². The van der Waals surface area contributed by atoms with Crippen LogP contribution in [0.25, 0.3) is 0 Å². The molecule has 1 aromatic rings. The van der Waals surface area contributed by atoms with E-state index in [0.29, 0.717) is 11.3 Å². The minimum Gasteiger partial charge on any atom is -0.368 e. The Labute approximate surface area is 124 Å². The molecule has 1 aromatic carbocycles. The highest BCUT2D eigenvalue weighted by atomic mass is 32.2. The topological polar surface area (TPSA) is 55.1 Å². The summed E-state index contributed by atoms with van der Waals surface area (Å²) in [5, 5.41) is 4.01. The highest BCUT2D eigenvalue weighted by Crippen LogP contribution is 2.39. The molecule has 0 aliphatic heterocycles. The van der Waals surface area contributed by atoms with Crippen LogP contribution in [-0.2, 0) is 4.79 Å². The Hall–Kier alpha value is -1.00. The first-order valence-corrected chi connectivity index (χ1v) is 8.35. The average Bonchev–Trinajstić information content (AvgIpc) is 3.24. The summed E-state index contributed by atoms with van der Waals surface area (Å²) >= 11 is 1.88. The third-order valence-electron chi connectivity index (χ3n) is 4.28. The minimum absolute atomic E-state index is 0.164. The molecule has 0 bridgehead atoms. The third-order valence-corrected chi connectivity index (χ3v) is 5.56. The lowest BCUT2D eigenvalue weighted by Crippen LogP contribution is -2.59. The fourth-order valence-electron chi connectivity index (χ4n) is 3.06. The Morgan fingerprint density at radius 3 is 2.65 bits per heavy atom. The molecule has 0 heterocycles. The summed E-state index contributed by atoms with van der Waals surface area (Å²) in [5.74, 6) is -0.164. The van der Waals surface area contributed by atoms with E-state index in [0.717, 1.165) is 19.3 Å². The van der Waals surface area contributed by atoms with Gasteiger partial charge in [0.15, 0.2) is 0 Å². The molecule has 2 saturated carbocycles. The summed E-state index contributed by atoms with van der Waals surface area (Å²) in [6, 6.07) is 11.0. The van der Waals surface area contributed by atoms with E-state index in [9.17, 15) is 4.79 Å². The fraction of sp³-hybridized carbons (Fsp3) is 0.562. The molecule has 2 aliphatic carbocycles. The molecular weight excluding hydrogens is 268 g/mol. The van der Waals surface area contributed by atoms with Crippen LogP contribution in [0.3, 0.4) is 0 Å². The van der Waals surface area contributed by atoms with Gasteiger partial charge < -0.3 is 11.1 Å². The average molecular weight is 290 g/mol. The first kappa shape index (κ1) is 14.0. The van der Waals surface area contributed by atoms with Crippen molar-refractivity contribution in [2.45, 2.75) is 60.3 Å². The monoisotopic (exact) mass is 290 g/mol. The van der Waals surface area contributed by atoms with Gasteiger partial charge in [0, 0.05) is 16.2 Å². The van der Waals surface area contributed by atoms with E-state index < -0.39 is 5.54 Å². The number of primary amides is 1. The van der Waals surface area contributed by atoms with Crippen LogP contribution in [0.1, 0.15) is 38.5 Å². The number of carbonyl (C=O) groups excluding carboxylic acids is 1. The van der Waals surface area contributed by atoms with E-state index in [2.05, 4.69) is 29.6 Å². The quantitative estimate of drug-likeness (QED) is 0.876. The van der Waals surface area contributed by atoms with E-state index in [1.807, 2.05) is 17.8 Å². The van der Waals surface area contributed by atoms with Gasteiger partial charge in [-0.15, -0.1) is 11.8 Å². The van der Waals surface area contributed by atoms with Crippen molar-refractivity contribution in [1.29, 1.82) is 0 Å². The van der Waals surface area contributed by atoms with Gasteiger partial charge in [-0.1, -0.05) is 18.2 Å². The molecule has 4 heteroatoms. The van der Waals surface area contributed by atoms with Crippen LogP contribution in [0.5, 0.6) is 0 Å². The molecule has 2 fully saturated rings. The van der Waals surface area contributed by atoms with Crippen LogP contribution in [0.15, 0.2) is 35.2 Å². The van der Waals surface area contributed by atoms with Crippen molar-refractivity contribution in [2.24, 2.45) is 5.73 Å². The SMILES string of the molecule is NC(=O)C1(NC2CC2)CCCC(Sc2ccccc2)C1. The second kappa shape index (κ2) is 5.78. The Kier molecular flexibility index (Phi) is 4.03. The van der Waals surface area contributed by atoms with E-state index in [-0.39, 0.29) is 5.91 Å². The molecule has 0 radical (unpaired) electrons. The third kappa shape index (κ3) is 3.18. The maximum Gasteiger partial charge on any atom is 0.237 e. The van der Waals surface area contributed by atoms with Gasteiger partial charge in [0.25, 0.3) is 0 Å². The van der Waals surface area contributed by atoms with E-state index >= 15 is 0 Å². The molecular formula is C16H22N2OS. The lowest BCUT2D eigenvalue weighted by Gasteiger charge is -2.39. The summed E-state index contributed by atoms with van der Waals surface area (Å²) in [4.78, 5) is 13.3. The minimum atomic E-state index is -0.466. The first-order chi connectivity index (χ1) is 9.68. The fourth-order valence-corrected chi connectivity index (χ4v) is 4.41. The van der Waals surface area contributed by atoms with Crippen LogP contribution >= 0.6 is 11.8 Å². The zero-order valence-electron chi connectivity index (χ0n) is 11.7. The number of benzene rings is 1. The zero-order valence-corrected chi connectivity index (χ0v) is 12.5. The Morgan fingerprint density at radius 1 is 1.25 bits per heavy atom. The summed E-state index contributed by atoms with van der Waals surface area (Å²) in [6.07, 6.45) is 6.37. The van der Waals surface area contributed by atoms with Crippen LogP contribution in [-0.4, -0.2) is 22.7 Å². The molecule has 20 heavy (non-hydrogen) atoms. The van der Waals surface area contributed by atoms with Crippen molar-refractivity contribution >= 4 is 17.7 Å². The Bertz CT molecular complexity index is 475. The largest absolute Gasteiger partial charge is 0.368 e. The normalized spacial score (nSPS) is 30.1. The predicted molar refractivity (Wildman–Crippen MR) is 82.6 cm³/mol. The number of nitrogens with two attached hydrogens (primary N) is 1. The molecule has 0 saturated heterocycles. The molecule has 3 N–H and O–H groups in total. The number of thioether (sulfide) groups is 1. The maximum atomic E-state index is 12.0. The van der Waals surface area contributed by atoms with Crippen molar-refractivity contribution in [1.82, 2.24) is 5.32 Å². The highest BCUT2D eigenvalue weighted by Gasteiger charge is 2.44. The molecule has 1 amide bonds. The smallest absolute Gasteiger partial charge is 0.237 e. The summed E-state index contributed by atoms with van der Waals surface area (Å²) in [6.45, 7) is 0. The first-order valence-electron chi connectivity index (χ1n) is 7.47. The molecule has 0 spiro atoms. The second-order valence-corrected chi connectivity index (χ2v) is 7.39. The zero-order chi connectivity index (χ0) is 14.0. The van der Waals surface area contributed by atoms with Gasteiger partial charge in [-0.2, -0.15) is 0 Å². The Morgan fingerprint density at radius 2 is 2.00 bits per heavy atom. The van der Waals surface area contributed by atoms with Gasteiger partial charge >= 0.3 is 0 Å². The van der Waals surface area contributed by atoms with Gasteiger partial charge in [-0.05, 0) is 50.7 Å². The van der Waals surface area contributed by atoms with Crippen molar-refractivity contribution in [2.75, 3.05) is 0 Å². The number of hydrogen-bond donors (Lipinski definition) is 2. The van der Waals surface area contributed by atoms with Gasteiger partial charge in [0.1, 0.15) is 0 Å². The molecule has 3 rings (SSSR count). The predicted octanol–water partition coefficient (Wildman–Crippen LogP) is 2.70. The van der Waals surface area contributed by atoms with Crippen molar-refractivity contribution < 1.29 is 4.79 Å². The number of hydrogen-bond acceptors (Lipinski definition) is 3. The summed E-state index contributed by atoms with van der Waals surface area (Å²) in [7, 11) is 0. The second-order valence-electron chi connectivity index (χ2n) is 6.01. The number of carbonyl (C=O) groups is 1. The van der Waals surface area contributed by atoms with E-state index in [1.54, 1.807) is 0 Å². The standard InChI is InChI=1S/C16H22N2OS/c17-15(19)16(18-12-8-9-12)10-4-7-14(11-16)20-13-5-2-1-3-6-13/h1-3,5-6,12,14,18H,4,7-11H2,(H2,17,19). The molecule has 108 valence electrons. The summed E-state index contributed by atoms with van der Waals surface area (Å²) in [5.41, 5.74) is 5.26. The van der Waals surface area contributed by atoms with Gasteiger partial charge in [0.05, 0.1) is 5.54 Å². The van der Waals surface area contributed by atoms with Crippen LogP contribution in [0.2, 0.25) is 0 Å². The number of rotatable bonds is 5. The number of nitrogens with one attached hydrogen (secondary N) is 1. The van der Waals surface area contributed by atoms with Crippen LogP contribution < -0.4 is 11.1 Å². The van der Waals surface area contributed by atoms with Crippen molar-refractivity contribution in [3.63, 3.8) is 0 Å². The van der Waals surface area contributed by atoms with Crippen LogP contribution in [0, 0.1) is 0 Å². The number of amides is 1. The molecule has 2 atom stereocenters. The molecule has 2 aliphatic rings. The Balaban J connectivity index is 1.69. The molecule has 3 nitrogen and oxygen atoms in total. The molecule has 0 aromatic heterocycles. The lowest BCUT2D eigenvalue weighted by molar-refractivity contribution is -0.125.